The van der Waals surface area contributed by atoms with Gasteiger partial charge in [-0.3, -0.25) is 47.9 Å². The fourth-order valence-corrected chi connectivity index (χ4v) is 15.0. The van der Waals surface area contributed by atoms with E-state index in [-0.39, 0.29) is 40.2 Å². The smallest absolute Gasteiger partial charge is 0.311 e. The standard InChI is InChI=1S/C20H16F2O3.4C19H15F2NO3/c1-11-8-16(14-5-3-2-4-13(11)14)17(20(24)25)10-19(23)15-7-6-12(21)9-18(15)22;1-10-2-5-17-13(6-10)15(9-22-17)14(19(24)25)8-18(23)12-4-3-11(20)7-16(12)21;1-10-2-4-12-15(9-22-17(12)6-10)14(19(24)25)8-18(23)13-5-3-11(20)7-16(13)21;1-10-3-2-4-16-18(10)14(9-22-16)13(19(24)25)8-17(23)12-6-5-11(20)7-15(12)21;1-10-3-2-4-12-15(9-22-18(10)12)14(19(24)25)8-17(23)13-6-5-11(20)7-16(13)21/h2-9,11,17H,10H2,1H3,(H,24,25);2*2-7,9,14,22H,8H2,1H3,(H,24,25);2-7,9,13,22H,8H2,1H3,(H,24,25);2-7,9,14,22H,8H2,1H3,(H,24,25). The molecule has 9 N–H and O–H groups in total. The third-order valence-corrected chi connectivity index (χ3v) is 21.3. The summed E-state index contributed by atoms with van der Waals surface area (Å²) in [5.74, 6) is -23.8. The Labute approximate surface area is 704 Å². The van der Waals surface area contributed by atoms with Crippen molar-refractivity contribution in [3.8, 4) is 0 Å². The molecule has 0 bridgehead atoms. The minimum absolute atomic E-state index is 0.0470. The van der Waals surface area contributed by atoms with E-state index < -0.39 is 172 Å². The number of carboxylic acids is 5. The molecule has 29 heteroatoms. The lowest BCUT2D eigenvalue weighted by atomic mass is 9.88. The van der Waals surface area contributed by atoms with Crippen molar-refractivity contribution in [2.24, 2.45) is 5.92 Å². The van der Waals surface area contributed by atoms with Crippen molar-refractivity contribution in [2.45, 2.75) is 96.3 Å². The fourth-order valence-electron chi connectivity index (χ4n) is 15.0. The zero-order chi connectivity index (χ0) is 90.7. The van der Waals surface area contributed by atoms with E-state index in [0.717, 1.165) is 121 Å². The number of hydrogen-bond acceptors (Lipinski definition) is 10. The van der Waals surface area contributed by atoms with Gasteiger partial charge in [-0.2, -0.15) is 0 Å². The van der Waals surface area contributed by atoms with Crippen LogP contribution in [-0.4, -0.2) is 104 Å². The molecule has 0 amide bonds. The van der Waals surface area contributed by atoms with E-state index >= 15 is 0 Å². The zero-order valence-electron chi connectivity index (χ0n) is 66.9. The number of hydrogen-bond donors (Lipinski definition) is 9. The molecule has 6 unspecified atom stereocenters. The van der Waals surface area contributed by atoms with Gasteiger partial charge in [-0.05, 0) is 168 Å². The van der Waals surface area contributed by atoms with Gasteiger partial charge < -0.3 is 45.5 Å². The fraction of sp³-hybridized carbons (Fsp3) is 0.167. The van der Waals surface area contributed by atoms with Crippen molar-refractivity contribution in [3.63, 3.8) is 0 Å². The number of fused-ring (bicyclic) bond motifs is 5. The van der Waals surface area contributed by atoms with Gasteiger partial charge in [0.15, 0.2) is 28.9 Å². The number of aryl methyl sites for hydroxylation is 4. The molecule has 640 valence electrons. The Morgan fingerprint density at radius 3 is 1.11 bits per heavy atom. The molecule has 0 saturated carbocycles. The summed E-state index contributed by atoms with van der Waals surface area (Å²) in [6.45, 7) is 9.48. The summed E-state index contributed by atoms with van der Waals surface area (Å²) < 4.78 is 134. The Hall–Kier alpha value is -14.9. The summed E-state index contributed by atoms with van der Waals surface area (Å²) in [6.07, 6.45) is 6.00. The molecule has 19 nitrogen and oxygen atoms in total. The number of nitrogens with one attached hydrogen (secondary N) is 4. The van der Waals surface area contributed by atoms with Crippen LogP contribution in [0.15, 0.2) is 219 Å². The van der Waals surface area contributed by atoms with Gasteiger partial charge in [0.05, 0.1) is 57.4 Å². The van der Waals surface area contributed by atoms with Crippen molar-refractivity contribution >= 4 is 108 Å². The number of benzene rings is 10. The summed E-state index contributed by atoms with van der Waals surface area (Å²) in [7, 11) is 0. The number of carboxylic acid groups (broad SMARTS) is 5. The quantitative estimate of drug-likeness (QED) is 0.0190. The van der Waals surface area contributed by atoms with Gasteiger partial charge in [0.25, 0.3) is 0 Å². The number of para-hydroxylation sites is 1. The van der Waals surface area contributed by atoms with Crippen LogP contribution in [0.1, 0.15) is 176 Å². The second-order valence-corrected chi connectivity index (χ2v) is 29.8. The van der Waals surface area contributed by atoms with E-state index in [4.69, 9.17) is 0 Å². The highest BCUT2D eigenvalue weighted by Gasteiger charge is 2.36. The average molecular weight is 1720 g/mol. The normalized spacial score (nSPS) is 13.2. The van der Waals surface area contributed by atoms with Gasteiger partial charge in [0, 0.05) is 137 Å². The number of rotatable bonds is 25. The number of aliphatic carboxylic acids is 5. The molecule has 1 aliphatic carbocycles. The molecule has 0 spiro atoms. The van der Waals surface area contributed by atoms with E-state index in [1.165, 1.54) is 0 Å². The Kier molecular flexibility index (Phi) is 28.6. The summed E-state index contributed by atoms with van der Waals surface area (Å²) in [6, 6.07) is 42.6. The van der Waals surface area contributed by atoms with Crippen LogP contribution in [0.3, 0.4) is 0 Å². The molecule has 4 aromatic heterocycles. The molecule has 0 radical (unpaired) electrons. The molecule has 4 heterocycles. The Bertz CT molecular complexity index is 6540. The molecule has 10 aromatic carbocycles. The number of H-pyrrole nitrogens is 4. The van der Waals surface area contributed by atoms with Crippen LogP contribution >= 0.6 is 0 Å². The van der Waals surface area contributed by atoms with E-state index in [1.807, 2.05) is 120 Å². The number of carbonyl (C=O) groups is 10. The topological polar surface area (TPSA) is 335 Å². The second kappa shape index (κ2) is 39.3. The molecule has 6 atom stereocenters. The van der Waals surface area contributed by atoms with Crippen LogP contribution in [0.5, 0.6) is 0 Å². The van der Waals surface area contributed by atoms with Gasteiger partial charge in [-0.1, -0.05) is 91.4 Å². The van der Waals surface area contributed by atoms with Crippen LogP contribution in [0.2, 0.25) is 0 Å². The first-order valence-corrected chi connectivity index (χ1v) is 38.5. The molecule has 0 aliphatic heterocycles. The molecule has 0 saturated heterocycles. The lowest BCUT2D eigenvalue weighted by Gasteiger charge is -2.15. The average Bonchev–Trinajstić information content (AvgIpc) is 1.68. The number of Topliss-reactive ketones (excluding diaryl/α,β-unsaturated/α-hetero) is 5. The number of aromatic nitrogens is 4. The van der Waals surface area contributed by atoms with E-state index in [2.05, 4.69) is 19.9 Å². The summed E-state index contributed by atoms with van der Waals surface area (Å²) >= 11 is 0. The van der Waals surface area contributed by atoms with Crippen LogP contribution < -0.4 is 0 Å². The minimum Gasteiger partial charge on any atom is -0.481 e. The van der Waals surface area contributed by atoms with Crippen molar-refractivity contribution < 1.29 is 117 Å². The molecule has 1 aliphatic rings. The van der Waals surface area contributed by atoms with Gasteiger partial charge in [0.2, 0.25) is 0 Å². The summed E-state index contributed by atoms with van der Waals surface area (Å²) in [5.41, 5.74) is 9.52. The molecule has 14 aromatic rings. The Morgan fingerprint density at radius 2 is 0.672 bits per heavy atom. The first kappa shape index (κ1) is 90.9. The monoisotopic (exact) mass is 1710 g/mol. The lowest BCUT2D eigenvalue weighted by Crippen LogP contribution is -2.20. The molecule has 125 heavy (non-hydrogen) atoms. The SMILES string of the molecule is CC1C=C(C(CC(=O)c2ccc(F)cc2F)C(=O)O)c2ccccc21.Cc1ccc2[nH]cc(C(CC(=O)c3ccc(F)cc3F)C(=O)O)c2c1.Cc1ccc2c(C(CC(=O)c3ccc(F)cc3F)C(=O)O)c[nH]c2c1.Cc1cccc2[nH]cc(C(CC(=O)c3ccc(F)cc3F)C(=O)O)c12.Cc1cccc2c(C(CC(=O)c3ccc(F)cc3F)C(=O)O)c[nH]c12. The Morgan fingerprint density at radius 1 is 0.320 bits per heavy atom. The van der Waals surface area contributed by atoms with Crippen molar-refractivity contribution in [1.82, 2.24) is 19.9 Å². The second-order valence-electron chi connectivity index (χ2n) is 29.8. The summed E-state index contributed by atoms with van der Waals surface area (Å²) in [5, 5.41) is 50.7. The zero-order valence-corrected chi connectivity index (χ0v) is 66.9. The predicted molar refractivity (Wildman–Crippen MR) is 444 cm³/mol. The van der Waals surface area contributed by atoms with Crippen molar-refractivity contribution in [1.29, 1.82) is 0 Å². The highest BCUT2D eigenvalue weighted by molar-refractivity contribution is 6.06. The van der Waals surface area contributed by atoms with E-state index in [0.29, 0.717) is 74.3 Å². The largest absolute Gasteiger partial charge is 0.481 e. The lowest BCUT2D eigenvalue weighted by molar-refractivity contribution is -0.140. The first-order chi connectivity index (χ1) is 59.4. The van der Waals surface area contributed by atoms with Gasteiger partial charge in [0.1, 0.15) is 58.2 Å². The Balaban J connectivity index is 0.000000152. The van der Waals surface area contributed by atoms with Crippen molar-refractivity contribution in [2.75, 3.05) is 0 Å². The van der Waals surface area contributed by atoms with E-state index in [1.54, 1.807) is 43.0 Å². The highest BCUT2D eigenvalue weighted by atomic mass is 19.2. The maximum absolute atomic E-state index is 13.8. The number of allylic oxidation sites excluding steroid dienone is 1. The van der Waals surface area contributed by atoms with Gasteiger partial charge in [-0.25, -0.2) is 43.9 Å². The minimum atomic E-state index is -1.18. The van der Waals surface area contributed by atoms with Crippen LogP contribution in [0, 0.1) is 91.8 Å². The molecular formula is C96H76F10N4O15. The highest BCUT2D eigenvalue weighted by Crippen LogP contribution is 2.42. The third kappa shape index (κ3) is 21.2. The van der Waals surface area contributed by atoms with Gasteiger partial charge in [-0.15, -0.1) is 0 Å². The molecule has 0 fully saturated rings. The molecular weight excluding hydrogens is 1640 g/mol. The summed E-state index contributed by atoms with van der Waals surface area (Å²) in [4.78, 5) is 132. The van der Waals surface area contributed by atoms with Gasteiger partial charge >= 0.3 is 29.8 Å². The maximum Gasteiger partial charge on any atom is 0.311 e. The predicted octanol–water partition coefficient (Wildman–Crippen LogP) is 21.2. The molecule has 15 rings (SSSR count). The number of aromatic amines is 4. The van der Waals surface area contributed by atoms with Crippen molar-refractivity contribution in [3.05, 3.63) is 361 Å². The third-order valence-electron chi connectivity index (χ3n) is 21.3. The van der Waals surface area contributed by atoms with Crippen LogP contribution in [0.4, 0.5) is 43.9 Å². The first-order valence-electron chi connectivity index (χ1n) is 38.5. The number of ketones is 5. The van der Waals surface area contributed by atoms with Crippen LogP contribution in [0.25, 0.3) is 49.2 Å². The van der Waals surface area contributed by atoms with E-state index in [9.17, 15) is 117 Å². The van der Waals surface area contributed by atoms with Crippen LogP contribution in [-0.2, 0) is 24.0 Å². The number of carbonyl (C=O) groups excluding carboxylic acids is 5. The number of halogens is 10. The maximum atomic E-state index is 13.8.